The minimum atomic E-state index is -0.969. The van der Waals surface area contributed by atoms with Crippen molar-refractivity contribution in [1.29, 1.82) is 0 Å². The number of Topliss-reactive ketones (excluding diaryl/α,β-unsaturated/α-hetero) is 1. The number of aliphatic hydroxyl groups is 1. The molecule has 5 rings (SSSR count). The number of benzene rings is 3. The Morgan fingerprint density at radius 3 is 2.40 bits per heavy atom. The number of hydrogen-bond donors (Lipinski definition) is 1. The average Bonchev–Trinajstić information content (AvgIpc) is 3.52. The van der Waals surface area contributed by atoms with Crippen LogP contribution in [0.4, 0.5) is 5.13 Å². The number of esters is 1. The van der Waals surface area contributed by atoms with Gasteiger partial charge in [-0.3, -0.25) is 14.5 Å². The molecule has 0 unspecified atom stereocenters. The van der Waals surface area contributed by atoms with Crippen LogP contribution in [-0.4, -0.2) is 34.4 Å². The number of carbonyl (C=O) groups excluding carboxylic acids is 3. The summed E-state index contributed by atoms with van der Waals surface area (Å²) in [5, 5.41) is 11.7. The monoisotopic (exact) mass is 580 g/mol. The van der Waals surface area contributed by atoms with Gasteiger partial charge >= 0.3 is 11.9 Å². The van der Waals surface area contributed by atoms with Gasteiger partial charge in [0.2, 0.25) is 0 Å². The summed E-state index contributed by atoms with van der Waals surface area (Å²) in [6.07, 6.45) is 1.45. The van der Waals surface area contributed by atoms with Crippen LogP contribution in [0.3, 0.4) is 0 Å². The van der Waals surface area contributed by atoms with Crippen molar-refractivity contribution in [2.75, 3.05) is 11.5 Å². The van der Waals surface area contributed by atoms with Gasteiger partial charge in [0.05, 0.1) is 17.3 Å². The zero-order chi connectivity index (χ0) is 29.8. The van der Waals surface area contributed by atoms with Crippen molar-refractivity contribution < 1.29 is 29.0 Å². The molecule has 1 fully saturated rings. The van der Waals surface area contributed by atoms with E-state index in [4.69, 9.17) is 9.47 Å². The van der Waals surface area contributed by atoms with Crippen LogP contribution in [0.1, 0.15) is 43.7 Å². The smallest absolute Gasteiger partial charge is 0.350 e. The lowest BCUT2D eigenvalue weighted by atomic mass is 9.95. The number of rotatable bonds is 9. The first-order valence-corrected chi connectivity index (χ1v) is 14.0. The summed E-state index contributed by atoms with van der Waals surface area (Å²) in [6, 6.07) is 22.8. The van der Waals surface area contributed by atoms with Crippen LogP contribution < -0.4 is 9.64 Å². The molecule has 1 aliphatic rings. The number of hydrogen-bond acceptors (Lipinski definition) is 8. The summed E-state index contributed by atoms with van der Waals surface area (Å²) < 4.78 is 11.1. The highest BCUT2D eigenvalue weighted by molar-refractivity contribution is 7.17. The lowest BCUT2D eigenvalue weighted by molar-refractivity contribution is -0.132. The van der Waals surface area contributed by atoms with Crippen molar-refractivity contribution in [3.05, 3.63) is 130 Å². The van der Waals surface area contributed by atoms with Crippen molar-refractivity contribution in [2.24, 2.45) is 0 Å². The maximum Gasteiger partial charge on any atom is 0.350 e. The zero-order valence-electron chi connectivity index (χ0n) is 23.1. The quantitative estimate of drug-likeness (QED) is 0.0813. The Kier molecular flexibility index (Phi) is 8.31. The van der Waals surface area contributed by atoms with E-state index in [0.717, 1.165) is 22.5 Å². The first kappa shape index (κ1) is 28.5. The molecule has 1 aliphatic heterocycles. The second kappa shape index (κ2) is 12.2. The van der Waals surface area contributed by atoms with Gasteiger partial charge in [-0.25, -0.2) is 9.78 Å². The fourth-order valence-corrected chi connectivity index (χ4v) is 5.69. The SMILES string of the molecule is C=CCOC(=O)c1sc(N2C(=O)C(=O)/C(=C(/O)c3ccc(OCc4ccccc4)c(C)c3)[C@H]2c2ccccc2)nc1C. The number of nitrogens with zero attached hydrogens (tertiary/aromatic N) is 2. The van der Waals surface area contributed by atoms with Gasteiger partial charge in [-0.15, -0.1) is 0 Å². The molecule has 1 atom stereocenters. The number of aliphatic hydroxyl groups excluding tert-OH is 1. The van der Waals surface area contributed by atoms with E-state index in [-0.39, 0.29) is 27.9 Å². The predicted octanol–water partition coefficient (Wildman–Crippen LogP) is 6.31. The lowest BCUT2D eigenvalue weighted by Crippen LogP contribution is -2.29. The molecule has 1 saturated heterocycles. The van der Waals surface area contributed by atoms with E-state index in [9.17, 15) is 19.5 Å². The highest BCUT2D eigenvalue weighted by atomic mass is 32.1. The van der Waals surface area contributed by atoms with E-state index in [0.29, 0.717) is 29.2 Å². The molecular weight excluding hydrogens is 552 g/mol. The number of ether oxygens (including phenoxy) is 2. The van der Waals surface area contributed by atoms with Crippen LogP contribution in [0.15, 0.2) is 97.1 Å². The topological polar surface area (TPSA) is 106 Å². The van der Waals surface area contributed by atoms with Crippen LogP contribution >= 0.6 is 11.3 Å². The Hall–Kier alpha value is -5.02. The summed E-state index contributed by atoms with van der Waals surface area (Å²) in [5.74, 6) is -2.00. The van der Waals surface area contributed by atoms with Crippen LogP contribution in [0.2, 0.25) is 0 Å². The molecule has 0 saturated carbocycles. The number of carbonyl (C=O) groups is 3. The highest BCUT2D eigenvalue weighted by Crippen LogP contribution is 2.44. The van der Waals surface area contributed by atoms with Gasteiger partial charge in [0.1, 0.15) is 29.6 Å². The lowest BCUT2D eigenvalue weighted by Gasteiger charge is -2.23. The van der Waals surface area contributed by atoms with Crippen LogP contribution in [0.5, 0.6) is 5.75 Å². The van der Waals surface area contributed by atoms with Crippen molar-refractivity contribution in [1.82, 2.24) is 4.98 Å². The van der Waals surface area contributed by atoms with Gasteiger partial charge in [-0.05, 0) is 48.7 Å². The average molecular weight is 581 g/mol. The van der Waals surface area contributed by atoms with Gasteiger partial charge in [0.25, 0.3) is 5.78 Å². The van der Waals surface area contributed by atoms with Gasteiger partial charge < -0.3 is 14.6 Å². The molecule has 1 N–H and O–H groups in total. The molecule has 4 aromatic rings. The summed E-state index contributed by atoms with van der Waals surface area (Å²) in [6.45, 7) is 7.42. The van der Waals surface area contributed by atoms with Crippen molar-refractivity contribution >= 4 is 39.9 Å². The van der Waals surface area contributed by atoms with Gasteiger partial charge in [0, 0.05) is 5.56 Å². The van der Waals surface area contributed by atoms with E-state index in [1.807, 2.05) is 43.3 Å². The fourth-order valence-electron chi connectivity index (χ4n) is 4.70. The summed E-state index contributed by atoms with van der Waals surface area (Å²) in [4.78, 5) is 45.4. The second-order valence-electron chi connectivity index (χ2n) is 9.63. The number of amides is 1. The molecule has 1 amide bonds. The Labute approximate surface area is 247 Å². The molecule has 42 heavy (non-hydrogen) atoms. The third-order valence-electron chi connectivity index (χ3n) is 6.75. The van der Waals surface area contributed by atoms with Gasteiger partial charge in [-0.2, -0.15) is 0 Å². The molecule has 0 aliphatic carbocycles. The molecule has 2 heterocycles. The van der Waals surface area contributed by atoms with Crippen LogP contribution in [0.25, 0.3) is 5.76 Å². The summed E-state index contributed by atoms with van der Waals surface area (Å²) in [5.41, 5.74) is 3.01. The van der Waals surface area contributed by atoms with E-state index in [1.165, 1.54) is 11.0 Å². The fraction of sp³-hybridized carbons (Fsp3) is 0.152. The minimum absolute atomic E-state index is 0.0234. The molecule has 212 valence electrons. The Morgan fingerprint density at radius 1 is 1.05 bits per heavy atom. The summed E-state index contributed by atoms with van der Waals surface area (Å²) in [7, 11) is 0. The van der Waals surface area contributed by atoms with Crippen molar-refractivity contribution in [3.8, 4) is 5.75 Å². The third kappa shape index (κ3) is 5.59. The van der Waals surface area contributed by atoms with E-state index in [2.05, 4.69) is 11.6 Å². The highest BCUT2D eigenvalue weighted by Gasteiger charge is 2.48. The van der Waals surface area contributed by atoms with Crippen molar-refractivity contribution in [3.63, 3.8) is 0 Å². The number of aromatic nitrogens is 1. The Morgan fingerprint density at radius 2 is 1.74 bits per heavy atom. The second-order valence-corrected chi connectivity index (χ2v) is 10.6. The first-order valence-electron chi connectivity index (χ1n) is 13.2. The summed E-state index contributed by atoms with van der Waals surface area (Å²) >= 11 is 0.949. The first-order chi connectivity index (χ1) is 20.3. The Balaban J connectivity index is 1.53. The van der Waals surface area contributed by atoms with Crippen molar-refractivity contribution in [2.45, 2.75) is 26.5 Å². The molecule has 8 nitrogen and oxygen atoms in total. The molecule has 0 bridgehead atoms. The molecule has 3 aromatic carbocycles. The van der Waals surface area contributed by atoms with Crippen LogP contribution in [0, 0.1) is 13.8 Å². The number of anilines is 1. The van der Waals surface area contributed by atoms with E-state index < -0.39 is 23.7 Å². The third-order valence-corrected chi connectivity index (χ3v) is 7.89. The van der Waals surface area contributed by atoms with Gasteiger partial charge in [0.15, 0.2) is 5.13 Å². The standard InChI is InChI=1S/C33H28N2O6S/c1-4-17-40-32(39)30-21(3)34-33(42-30)35-27(23-13-9-6-10-14-23)26(29(37)31(35)38)28(36)24-15-16-25(20(2)18-24)41-19-22-11-7-5-8-12-22/h4-16,18,27,36H,1,17,19H2,2-3H3/b28-26+/t27-/m1/s1. The van der Waals surface area contributed by atoms with E-state index >= 15 is 0 Å². The normalized spacial score (nSPS) is 16.0. The number of thiazole rings is 1. The molecular formula is C33H28N2O6S. The molecule has 1 aromatic heterocycles. The molecule has 9 heteroatoms. The largest absolute Gasteiger partial charge is 0.507 e. The van der Waals surface area contributed by atoms with Gasteiger partial charge in [-0.1, -0.05) is 84.7 Å². The van der Waals surface area contributed by atoms with E-state index in [1.54, 1.807) is 49.4 Å². The Bertz CT molecular complexity index is 1690. The zero-order valence-corrected chi connectivity index (χ0v) is 23.9. The number of aryl methyl sites for hydroxylation is 2. The predicted molar refractivity (Wildman–Crippen MR) is 161 cm³/mol. The minimum Gasteiger partial charge on any atom is -0.507 e. The maximum atomic E-state index is 13.5. The van der Waals surface area contributed by atoms with Crippen LogP contribution in [-0.2, 0) is 20.9 Å². The molecule has 0 radical (unpaired) electrons. The maximum absolute atomic E-state index is 13.5. The molecule has 0 spiro atoms. The number of ketones is 1.